The van der Waals surface area contributed by atoms with Crippen LogP contribution in [-0.4, -0.2) is 35.8 Å². The predicted molar refractivity (Wildman–Crippen MR) is 81.4 cm³/mol. The Morgan fingerprint density at radius 2 is 1.76 bits per heavy atom. The number of hydrogen-bond acceptors (Lipinski definition) is 4. The molecule has 1 atom stereocenters. The number of hydrogen-bond donors (Lipinski definition) is 2. The number of carbonyl (C=O) groups excluding carboxylic acids is 2. The molecule has 0 spiro atoms. The number of ether oxygens (including phenoxy) is 1. The van der Waals surface area contributed by atoms with Gasteiger partial charge in [-0.05, 0) is 32.9 Å². The van der Waals surface area contributed by atoms with E-state index in [1.165, 1.54) is 20.8 Å². The number of alkyl halides is 3. The highest BCUT2D eigenvalue weighted by molar-refractivity contribution is 6.22. The second-order valence-electron chi connectivity index (χ2n) is 6.43. The number of nitrogens with zero attached hydrogens (tertiary/aromatic N) is 1. The van der Waals surface area contributed by atoms with E-state index in [0.29, 0.717) is 6.07 Å². The molecular formula is C15H16F3N2O5+. The number of carbonyl (C=O) groups is 3. The minimum absolute atomic E-state index is 0.357. The number of urea groups is 1. The van der Waals surface area contributed by atoms with Gasteiger partial charge in [-0.3, -0.25) is 5.32 Å². The predicted octanol–water partition coefficient (Wildman–Crippen LogP) is 3.82. The first kappa shape index (κ1) is 18.7. The number of rotatable bonds is 1. The zero-order valence-corrected chi connectivity index (χ0v) is 13.8. The summed E-state index contributed by atoms with van der Waals surface area (Å²) in [5, 5.41) is 11.8. The topological polar surface area (TPSA) is 92.7 Å². The summed E-state index contributed by atoms with van der Waals surface area (Å²) in [7, 11) is 1.02. The van der Waals surface area contributed by atoms with Gasteiger partial charge in [0.05, 0.1) is 12.7 Å². The van der Waals surface area contributed by atoms with Crippen molar-refractivity contribution in [1.82, 2.24) is 4.48 Å². The number of fused-ring (bicyclic) bond motifs is 1. The number of benzene rings is 1. The lowest BCUT2D eigenvalue weighted by molar-refractivity contribution is -0.137. The Morgan fingerprint density at radius 3 is 2.16 bits per heavy atom. The van der Waals surface area contributed by atoms with Gasteiger partial charge < -0.3 is 9.84 Å². The van der Waals surface area contributed by atoms with Gasteiger partial charge in [0.25, 0.3) is 0 Å². The smallest absolute Gasteiger partial charge is 0.465 e. The van der Waals surface area contributed by atoms with E-state index in [0.717, 1.165) is 13.2 Å². The fourth-order valence-corrected chi connectivity index (χ4v) is 2.98. The molecule has 1 aliphatic heterocycles. The molecule has 0 radical (unpaired) electrons. The second-order valence-corrected chi connectivity index (χ2v) is 6.43. The molecule has 7 nitrogen and oxygen atoms in total. The third-order valence-electron chi connectivity index (χ3n) is 4.05. The van der Waals surface area contributed by atoms with Crippen molar-refractivity contribution < 1.29 is 37.4 Å². The molecule has 3 amide bonds. The van der Waals surface area contributed by atoms with Crippen molar-refractivity contribution in [1.29, 1.82) is 0 Å². The molecule has 0 saturated carbocycles. The Morgan fingerprint density at radius 1 is 1.20 bits per heavy atom. The lowest BCUT2D eigenvalue weighted by Gasteiger charge is -2.37. The van der Waals surface area contributed by atoms with Crippen LogP contribution in [0.15, 0.2) is 12.1 Å². The van der Waals surface area contributed by atoms with Crippen LogP contribution in [0.25, 0.3) is 0 Å². The van der Waals surface area contributed by atoms with Gasteiger partial charge in [-0.1, -0.05) is 0 Å². The van der Waals surface area contributed by atoms with Crippen molar-refractivity contribution in [3.63, 3.8) is 0 Å². The summed E-state index contributed by atoms with van der Waals surface area (Å²) in [5.41, 5.74) is -4.49. The monoisotopic (exact) mass is 361 g/mol. The molecule has 1 aromatic rings. The summed E-state index contributed by atoms with van der Waals surface area (Å²) in [6.07, 6.45) is -6.73. The molecule has 0 bridgehead atoms. The van der Waals surface area contributed by atoms with Crippen LogP contribution in [0.5, 0.6) is 0 Å². The van der Waals surface area contributed by atoms with E-state index in [-0.39, 0.29) is 5.56 Å². The highest BCUT2D eigenvalue weighted by Crippen LogP contribution is 2.52. The normalized spacial score (nSPS) is 20.0. The molecule has 25 heavy (non-hydrogen) atoms. The lowest BCUT2D eigenvalue weighted by Crippen LogP contribution is -2.67. The van der Waals surface area contributed by atoms with Crippen LogP contribution >= 0.6 is 0 Å². The van der Waals surface area contributed by atoms with Gasteiger partial charge in [-0.15, -0.1) is 4.48 Å². The molecule has 0 aromatic heterocycles. The molecule has 1 aromatic carbocycles. The van der Waals surface area contributed by atoms with Crippen LogP contribution in [0.2, 0.25) is 0 Å². The van der Waals surface area contributed by atoms with Gasteiger partial charge in [0.2, 0.25) is 0 Å². The number of halogens is 3. The second kappa shape index (κ2) is 5.45. The summed E-state index contributed by atoms with van der Waals surface area (Å²) >= 11 is 0. The van der Waals surface area contributed by atoms with E-state index >= 15 is 0 Å². The van der Waals surface area contributed by atoms with Crippen molar-refractivity contribution in [3.8, 4) is 0 Å². The maximum Gasteiger partial charge on any atom is 0.528 e. The molecule has 10 heteroatoms. The maximum absolute atomic E-state index is 13.5. The highest BCUT2D eigenvalue weighted by atomic mass is 19.4. The first-order valence-electron chi connectivity index (χ1n) is 7.07. The summed E-state index contributed by atoms with van der Waals surface area (Å²) < 4.78 is 43.4. The molecule has 1 unspecified atom stereocenters. The van der Waals surface area contributed by atoms with Gasteiger partial charge in [0.15, 0.2) is 5.69 Å². The van der Waals surface area contributed by atoms with Crippen LogP contribution < -0.4 is 9.80 Å². The van der Waals surface area contributed by atoms with E-state index in [9.17, 15) is 32.7 Å². The van der Waals surface area contributed by atoms with Crippen LogP contribution in [0.3, 0.4) is 0 Å². The van der Waals surface area contributed by atoms with Crippen molar-refractivity contribution in [2.75, 3.05) is 12.4 Å². The Labute approximate surface area is 140 Å². The zero-order chi connectivity index (χ0) is 19.4. The molecule has 136 valence electrons. The van der Waals surface area contributed by atoms with Crippen molar-refractivity contribution >= 4 is 29.5 Å². The molecule has 0 fully saturated rings. The number of esters is 1. The molecule has 1 heterocycles. The molecule has 1 aliphatic rings. The first-order valence-corrected chi connectivity index (χ1v) is 7.07. The number of imide groups is 1. The average molecular weight is 361 g/mol. The SMILES string of the molecule is COC(=O)c1ccc(C(F)(F)F)c2c1NC(=O)[N+]2(C(=O)O)C(C)(C)C. The van der Waals surface area contributed by atoms with Gasteiger partial charge in [0, 0.05) is 0 Å². The summed E-state index contributed by atoms with van der Waals surface area (Å²) in [6.45, 7) is 3.96. The van der Waals surface area contributed by atoms with Crippen LogP contribution in [0, 0.1) is 0 Å². The fraction of sp³-hybridized carbons (Fsp3) is 0.400. The number of carboxylic acid groups (broad SMARTS) is 1. The largest absolute Gasteiger partial charge is 0.528 e. The van der Waals surface area contributed by atoms with Gasteiger partial charge >= 0.3 is 24.3 Å². The number of methoxy groups -OCH3 is 1. The number of anilines is 1. The number of nitrogens with one attached hydrogen (secondary N) is 1. The third kappa shape index (κ3) is 2.44. The van der Waals surface area contributed by atoms with Crippen molar-refractivity contribution in [2.24, 2.45) is 0 Å². The quantitative estimate of drug-likeness (QED) is 0.586. The minimum atomic E-state index is -4.94. The Kier molecular flexibility index (Phi) is 4.08. The zero-order valence-electron chi connectivity index (χ0n) is 13.8. The molecule has 0 saturated heterocycles. The highest BCUT2D eigenvalue weighted by Gasteiger charge is 2.65. The third-order valence-corrected chi connectivity index (χ3v) is 4.05. The summed E-state index contributed by atoms with van der Waals surface area (Å²) in [6, 6.07) is 0.225. The number of quaternary nitrogens is 1. The number of amides is 3. The summed E-state index contributed by atoms with van der Waals surface area (Å²) in [5.74, 6) is -0.996. The van der Waals surface area contributed by atoms with Gasteiger partial charge in [-0.25, -0.2) is 9.59 Å². The van der Waals surface area contributed by atoms with E-state index in [1.54, 1.807) is 0 Å². The lowest BCUT2D eigenvalue weighted by atomic mass is 9.97. The van der Waals surface area contributed by atoms with E-state index < -0.39 is 51.2 Å². The van der Waals surface area contributed by atoms with Gasteiger partial charge in [-0.2, -0.15) is 18.0 Å². The maximum atomic E-state index is 13.5. The van der Waals surface area contributed by atoms with Crippen molar-refractivity contribution in [3.05, 3.63) is 23.3 Å². The van der Waals surface area contributed by atoms with Crippen LogP contribution in [0.4, 0.5) is 34.1 Å². The average Bonchev–Trinajstić information content (AvgIpc) is 2.77. The Hall–Kier alpha value is -2.62. The molecule has 0 aliphatic carbocycles. The van der Waals surface area contributed by atoms with Crippen LogP contribution in [0.1, 0.15) is 36.7 Å². The fourth-order valence-electron chi connectivity index (χ4n) is 2.98. The Balaban J connectivity index is 3.03. The van der Waals surface area contributed by atoms with Gasteiger partial charge in [0.1, 0.15) is 16.8 Å². The minimum Gasteiger partial charge on any atom is -0.465 e. The van der Waals surface area contributed by atoms with E-state index in [1.807, 2.05) is 0 Å². The molecule has 2 rings (SSSR count). The summed E-state index contributed by atoms with van der Waals surface area (Å²) in [4.78, 5) is 36.4. The Bertz CT molecular complexity index is 783. The molecule has 2 N–H and O–H groups in total. The van der Waals surface area contributed by atoms with Crippen LogP contribution in [-0.2, 0) is 10.9 Å². The van der Waals surface area contributed by atoms with E-state index in [4.69, 9.17) is 0 Å². The van der Waals surface area contributed by atoms with E-state index in [2.05, 4.69) is 10.1 Å². The van der Waals surface area contributed by atoms with Crippen molar-refractivity contribution in [2.45, 2.75) is 32.5 Å². The molecular weight excluding hydrogens is 345 g/mol. The standard InChI is InChI=1S/C15H15F3N2O5/c1-14(2,3)20(13(23)24)10-8(15(16,17)18)6-5-7(11(21)25-4)9(10)19-12(20)22/h5-6H,1-4H3,(H-,19,21,22,23,24)/p+1. The first-order chi connectivity index (χ1) is 11.3.